The fourth-order valence-electron chi connectivity index (χ4n) is 3.76. The predicted octanol–water partition coefficient (Wildman–Crippen LogP) is 1.99. The molecule has 3 heterocycles. The number of aromatic nitrogens is 2. The summed E-state index contributed by atoms with van der Waals surface area (Å²) in [6, 6.07) is 6.16. The highest BCUT2D eigenvalue weighted by Gasteiger charge is 2.29. The maximum absolute atomic E-state index is 13.0. The molecule has 0 unspecified atom stereocenters. The Bertz CT molecular complexity index is 903. The molecule has 0 aliphatic carbocycles. The number of nitrogens with zero attached hydrogens (tertiary/aromatic N) is 4. The summed E-state index contributed by atoms with van der Waals surface area (Å²) < 4.78 is 34.8. The number of aryl methyl sites for hydroxylation is 1. The van der Waals surface area contributed by atoms with Crippen LogP contribution in [0.15, 0.2) is 35.7 Å². The van der Waals surface area contributed by atoms with Gasteiger partial charge in [0.25, 0.3) is 10.0 Å². The second kappa shape index (κ2) is 7.61. The summed E-state index contributed by atoms with van der Waals surface area (Å²) in [6.07, 6.45) is 6.86. The first-order chi connectivity index (χ1) is 13.0. The van der Waals surface area contributed by atoms with Crippen LogP contribution in [0.25, 0.3) is 0 Å². The van der Waals surface area contributed by atoms with Crippen LogP contribution < -0.4 is 4.74 Å². The van der Waals surface area contributed by atoms with Crippen LogP contribution in [0.4, 0.5) is 0 Å². The summed E-state index contributed by atoms with van der Waals surface area (Å²) in [4.78, 5) is 6.49. The van der Waals surface area contributed by atoms with E-state index in [1.807, 2.05) is 6.07 Å². The average Bonchev–Trinajstić information content (AvgIpc) is 2.99. The molecule has 1 fully saturated rings. The molecule has 1 saturated heterocycles. The summed E-state index contributed by atoms with van der Waals surface area (Å²) in [5.41, 5.74) is 2.12. The van der Waals surface area contributed by atoms with Crippen molar-refractivity contribution in [3.8, 4) is 5.75 Å². The van der Waals surface area contributed by atoms with Crippen LogP contribution in [0.2, 0.25) is 0 Å². The van der Waals surface area contributed by atoms with E-state index in [-0.39, 0.29) is 5.03 Å². The van der Waals surface area contributed by atoms with Gasteiger partial charge in [0, 0.05) is 38.4 Å². The maximum Gasteiger partial charge on any atom is 0.262 e. The third kappa shape index (κ3) is 4.02. The van der Waals surface area contributed by atoms with Crippen LogP contribution in [0.5, 0.6) is 5.75 Å². The van der Waals surface area contributed by atoms with Crippen molar-refractivity contribution in [1.82, 2.24) is 18.8 Å². The lowest BCUT2D eigenvalue weighted by molar-refractivity contribution is 0.221. The van der Waals surface area contributed by atoms with Crippen LogP contribution in [0.1, 0.15) is 30.4 Å². The number of hydrogen-bond donors (Lipinski definition) is 0. The highest BCUT2D eigenvalue weighted by atomic mass is 32.2. The van der Waals surface area contributed by atoms with Crippen molar-refractivity contribution in [3.05, 3.63) is 41.9 Å². The number of piperidine rings is 1. The average molecular weight is 391 g/mol. The summed E-state index contributed by atoms with van der Waals surface area (Å²) in [5, 5.41) is 0.0814. The van der Waals surface area contributed by atoms with Crippen LogP contribution in [-0.4, -0.2) is 53.4 Å². The van der Waals surface area contributed by atoms with E-state index in [4.69, 9.17) is 4.74 Å². The quantitative estimate of drug-likeness (QED) is 0.799. The molecule has 0 bridgehead atoms. The normalized spacial score (nSPS) is 19.3. The molecule has 2 aromatic rings. The lowest BCUT2D eigenvalue weighted by atomic mass is 10.1. The third-order valence-corrected chi connectivity index (χ3v) is 6.94. The number of hydrogen-bond acceptors (Lipinski definition) is 5. The van der Waals surface area contributed by atoms with Gasteiger partial charge in [-0.05, 0) is 43.6 Å². The van der Waals surface area contributed by atoms with Gasteiger partial charge in [-0.2, -0.15) is 4.31 Å². The molecule has 0 spiro atoms. The number of likely N-dealkylation sites (tertiary alicyclic amines) is 1. The van der Waals surface area contributed by atoms with Crippen molar-refractivity contribution in [2.75, 3.05) is 26.2 Å². The molecular weight excluding hydrogens is 364 g/mol. The Balaban J connectivity index is 1.56. The van der Waals surface area contributed by atoms with Crippen LogP contribution in [0.3, 0.4) is 0 Å². The minimum Gasteiger partial charge on any atom is -0.492 e. The van der Waals surface area contributed by atoms with Gasteiger partial charge in [0.15, 0.2) is 5.03 Å². The molecule has 2 aliphatic heterocycles. The van der Waals surface area contributed by atoms with E-state index in [2.05, 4.69) is 22.0 Å². The number of fused-ring (bicyclic) bond motifs is 1. The van der Waals surface area contributed by atoms with Gasteiger partial charge in [-0.1, -0.05) is 12.5 Å². The van der Waals surface area contributed by atoms with E-state index in [0.717, 1.165) is 30.9 Å². The number of sulfonamides is 1. The number of benzene rings is 1. The Morgan fingerprint density at radius 3 is 2.70 bits per heavy atom. The van der Waals surface area contributed by atoms with E-state index >= 15 is 0 Å². The third-order valence-electron chi connectivity index (χ3n) is 5.21. The number of rotatable bonds is 4. The van der Waals surface area contributed by atoms with Gasteiger partial charge >= 0.3 is 0 Å². The Morgan fingerprint density at radius 2 is 1.96 bits per heavy atom. The highest BCUT2D eigenvalue weighted by molar-refractivity contribution is 7.89. The zero-order valence-corrected chi connectivity index (χ0v) is 16.5. The zero-order valence-electron chi connectivity index (χ0n) is 15.7. The second-order valence-corrected chi connectivity index (χ2v) is 9.23. The van der Waals surface area contributed by atoms with Gasteiger partial charge < -0.3 is 9.30 Å². The van der Waals surface area contributed by atoms with Gasteiger partial charge in [-0.3, -0.25) is 4.90 Å². The molecule has 0 amide bonds. The van der Waals surface area contributed by atoms with Gasteiger partial charge in [0.1, 0.15) is 12.4 Å². The maximum atomic E-state index is 13.0. The zero-order chi connectivity index (χ0) is 18.9. The SMILES string of the molecule is Cn1cnc(S(=O)(=O)N2CCOc3ccc(CN4CCCCC4)cc3C2)c1. The largest absolute Gasteiger partial charge is 0.492 e. The minimum atomic E-state index is -3.64. The molecule has 1 aromatic heterocycles. The van der Waals surface area contributed by atoms with Crippen molar-refractivity contribution in [3.63, 3.8) is 0 Å². The molecule has 0 atom stereocenters. The van der Waals surface area contributed by atoms with Crippen molar-refractivity contribution < 1.29 is 13.2 Å². The Hall–Kier alpha value is -1.90. The van der Waals surface area contributed by atoms with Gasteiger partial charge in [0.05, 0.1) is 6.33 Å². The van der Waals surface area contributed by atoms with E-state index in [9.17, 15) is 8.42 Å². The second-order valence-electron chi connectivity index (χ2n) is 7.34. The fraction of sp³-hybridized carbons (Fsp3) is 0.526. The van der Waals surface area contributed by atoms with E-state index in [1.54, 1.807) is 11.6 Å². The Morgan fingerprint density at radius 1 is 1.15 bits per heavy atom. The molecule has 27 heavy (non-hydrogen) atoms. The molecule has 1 aromatic carbocycles. The number of imidazole rings is 1. The molecule has 7 nitrogen and oxygen atoms in total. The minimum absolute atomic E-state index is 0.0814. The molecule has 8 heteroatoms. The Labute approximate surface area is 160 Å². The van der Waals surface area contributed by atoms with Crippen LogP contribution >= 0.6 is 0 Å². The van der Waals surface area contributed by atoms with Crippen LogP contribution in [0, 0.1) is 0 Å². The standard InChI is InChI=1S/C19H26N4O3S/c1-21-14-19(20-15-21)27(24,25)23-9-10-26-18-6-5-16(11-17(18)13-23)12-22-7-3-2-4-8-22/h5-6,11,14-15H,2-4,7-10,12-13H2,1H3. The van der Waals surface area contributed by atoms with E-state index in [0.29, 0.717) is 19.7 Å². The first-order valence-electron chi connectivity index (χ1n) is 9.47. The molecule has 4 rings (SSSR count). The predicted molar refractivity (Wildman–Crippen MR) is 102 cm³/mol. The first-order valence-corrected chi connectivity index (χ1v) is 10.9. The summed E-state index contributed by atoms with van der Waals surface area (Å²) >= 11 is 0. The lowest BCUT2D eigenvalue weighted by Crippen LogP contribution is -2.32. The van der Waals surface area contributed by atoms with E-state index in [1.165, 1.54) is 41.7 Å². The number of ether oxygens (including phenoxy) is 1. The summed E-state index contributed by atoms with van der Waals surface area (Å²) in [6.45, 7) is 4.13. The lowest BCUT2D eigenvalue weighted by Gasteiger charge is -2.26. The van der Waals surface area contributed by atoms with Crippen molar-refractivity contribution in [2.45, 2.75) is 37.4 Å². The highest BCUT2D eigenvalue weighted by Crippen LogP contribution is 2.28. The topological polar surface area (TPSA) is 67.7 Å². The van der Waals surface area contributed by atoms with Crippen molar-refractivity contribution >= 4 is 10.0 Å². The fourth-order valence-corrected chi connectivity index (χ4v) is 5.13. The van der Waals surface area contributed by atoms with Gasteiger partial charge in [-0.25, -0.2) is 13.4 Å². The Kier molecular flexibility index (Phi) is 5.21. The molecular formula is C19H26N4O3S. The molecule has 0 saturated carbocycles. The summed E-state index contributed by atoms with van der Waals surface area (Å²) in [5.74, 6) is 0.774. The molecule has 146 valence electrons. The van der Waals surface area contributed by atoms with Gasteiger partial charge in [0.2, 0.25) is 0 Å². The monoisotopic (exact) mass is 390 g/mol. The summed E-state index contributed by atoms with van der Waals surface area (Å²) in [7, 11) is -1.87. The molecule has 0 N–H and O–H groups in total. The van der Waals surface area contributed by atoms with Gasteiger partial charge in [-0.15, -0.1) is 0 Å². The van der Waals surface area contributed by atoms with Crippen LogP contribution in [-0.2, 0) is 30.2 Å². The van der Waals surface area contributed by atoms with E-state index < -0.39 is 10.0 Å². The smallest absolute Gasteiger partial charge is 0.262 e. The molecule has 2 aliphatic rings. The van der Waals surface area contributed by atoms with Crippen molar-refractivity contribution in [1.29, 1.82) is 0 Å². The van der Waals surface area contributed by atoms with Crippen molar-refractivity contribution in [2.24, 2.45) is 7.05 Å². The molecule has 0 radical (unpaired) electrons. The first kappa shape index (κ1) is 18.5.